The summed E-state index contributed by atoms with van der Waals surface area (Å²) in [5, 5.41) is 8.81. The van der Waals surface area contributed by atoms with Crippen LogP contribution in [0.5, 0.6) is 11.5 Å². The second-order valence-corrected chi connectivity index (χ2v) is 4.21. The topological polar surface area (TPSA) is 72.2 Å². The van der Waals surface area contributed by atoms with Gasteiger partial charge in [0, 0.05) is 11.8 Å². The molecule has 0 N–H and O–H groups in total. The molecule has 0 spiro atoms. The average Bonchev–Trinajstić information content (AvgIpc) is 2.54. The Bertz CT molecular complexity index is 677. The van der Waals surface area contributed by atoms with Crippen LogP contribution in [0.15, 0.2) is 36.5 Å². The SMILES string of the molecule is CCOc1cc(C=O)ccc1OCc1ccnc(C#N)c1. The third-order valence-corrected chi connectivity index (χ3v) is 2.74. The van der Waals surface area contributed by atoms with Gasteiger partial charge in [-0.05, 0) is 42.8 Å². The minimum atomic E-state index is 0.289. The molecule has 5 nitrogen and oxygen atoms in total. The second-order valence-electron chi connectivity index (χ2n) is 4.21. The maximum Gasteiger partial charge on any atom is 0.161 e. The summed E-state index contributed by atoms with van der Waals surface area (Å²) in [7, 11) is 0. The van der Waals surface area contributed by atoms with Crippen molar-refractivity contribution in [2.45, 2.75) is 13.5 Å². The van der Waals surface area contributed by atoms with E-state index >= 15 is 0 Å². The highest BCUT2D eigenvalue weighted by Gasteiger charge is 2.07. The number of carbonyl (C=O) groups excluding carboxylic acids is 1. The van der Waals surface area contributed by atoms with E-state index in [9.17, 15) is 4.79 Å². The first-order valence-corrected chi connectivity index (χ1v) is 6.46. The Morgan fingerprint density at radius 1 is 1.24 bits per heavy atom. The van der Waals surface area contributed by atoms with Gasteiger partial charge in [0.2, 0.25) is 0 Å². The molecular formula is C16H14N2O3. The van der Waals surface area contributed by atoms with E-state index in [1.165, 1.54) is 0 Å². The standard InChI is InChI=1S/C16H14N2O3/c1-2-20-16-8-12(10-19)3-4-15(16)21-11-13-5-6-18-14(7-13)9-17/h3-8,10H,2,11H2,1H3. The summed E-state index contributed by atoms with van der Waals surface area (Å²) in [6, 6.07) is 10.4. The number of hydrogen-bond acceptors (Lipinski definition) is 5. The normalized spacial score (nSPS) is 9.71. The molecular weight excluding hydrogens is 268 g/mol. The van der Waals surface area contributed by atoms with Gasteiger partial charge in [0.25, 0.3) is 0 Å². The van der Waals surface area contributed by atoms with Gasteiger partial charge in [0.1, 0.15) is 24.7 Å². The number of benzene rings is 1. The Hall–Kier alpha value is -2.87. The minimum absolute atomic E-state index is 0.289. The molecule has 0 saturated carbocycles. The van der Waals surface area contributed by atoms with Crippen molar-refractivity contribution in [1.29, 1.82) is 5.26 Å². The van der Waals surface area contributed by atoms with Crippen LogP contribution in [-0.4, -0.2) is 17.9 Å². The van der Waals surface area contributed by atoms with Crippen LogP contribution in [0.1, 0.15) is 28.5 Å². The maximum absolute atomic E-state index is 10.8. The van der Waals surface area contributed by atoms with Crippen molar-refractivity contribution in [3.63, 3.8) is 0 Å². The second kappa shape index (κ2) is 7.06. The predicted molar refractivity (Wildman–Crippen MR) is 76.3 cm³/mol. The zero-order valence-electron chi connectivity index (χ0n) is 11.6. The van der Waals surface area contributed by atoms with Crippen LogP contribution < -0.4 is 9.47 Å². The lowest BCUT2D eigenvalue weighted by molar-refractivity contribution is 0.112. The summed E-state index contributed by atoms with van der Waals surface area (Å²) in [6.45, 7) is 2.63. The fourth-order valence-electron chi connectivity index (χ4n) is 1.77. The van der Waals surface area contributed by atoms with Crippen molar-refractivity contribution in [1.82, 2.24) is 4.98 Å². The van der Waals surface area contributed by atoms with E-state index in [1.54, 1.807) is 36.5 Å². The van der Waals surface area contributed by atoms with Gasteiger partial charge in [-0.15, -0.1) is 0 Å². The fourth-order valence-corrected chi connectivity index (χ4v) is 1.77. The zero-order chi connectivity index (χ0) is 15.1. The third kappa shape index (κ3) is 3.80. The first-order chi connectivity index (χ1) is 10.3. The summed E-state index contributed by atoms with van der Waals surface area (Å²) < 4.78 is 11.2. The van der Waals surface area contributed by atoms with Crippen LogP contribution in [0.25, 0.3) is 0 Å². The number of nitrogens with zero attached hydrogens (tertiary/aromatic N) is 2. The maximum atomic E-state index is 10.8. The van der Waals surface area contributed by atoms with Gasteiger partial charge in [0.15, 0.2) is 11.5 Å². The molecule has 0 fully saturated rings. The highest BCUT2D eigenvalue weighted by molar-refractivity contribution is 5.76. The minimum Gasteiger partial charge on any atom is -0.490 e. The van der Waals surface area contributed by atoms with Gasteiger partial charge >= 0.3 is 0 Å². The first-order valence-electron chi connectivity index (χ1n) is 6.46. The summed E-state index contributed by atoms with van der Waals surface area (Å²) in [5.74, 6) is 1.08. The lowest BCUT2D eigenvalue weighted by atomic mass is 10.2. The Morgan fingerprint density at radius 2 is 2.10 bits per heavy atom. The van der Waals surface area contributed by atoms with E-state index < -0.39 is 0 Å². The van der Waals surface area contributed by atoms with E-state index in [0.29, 0.717) is 29.4 Å². The van der Waals surface area contributed by atoms with Crippen LogP contribution in [0, 0.1) is 11.3 Å². The summed E-state index contributed by atoms with van der Waals surface area (Å²) in [6.07, 6.45) is 2.32. The van der Waals surface area contributed by atoms with E-state index in [1.807, 2.05) is 13.0 Å². The van der Waals surface area contributed by atoms with Crippen molar-refractivity contribution < 1.29 is 14.3 Å². The molecule has 0 aliphatic carbocycles. The van der Waals surface area contributed by atoms with E-state index in [2.05, 4.69) is 4.98 Å². The average molecular weight is 282 g/mol. The molecule has 2 aromatic rings. The molecule has 1 heterocycles. The first kappa shape index (κ1) is 14.5. The highest BCUT2D eigenvalue weighted by atomic mass is 16.5. The van der Waals surface area contributed by atoms with Gasteiger partial charge in [-0.25, -0.2) is 4.98 Å². The van der Waals surface area contributed by atoms with Gasteiger partial charge in [-0.2, -0.15) is 5.26 Å². The molecule has 0 radical (unpaired) electrons. The monoisotopic (exact) mass is 282 g/mol. The van der Waals surface area contributed by atoms with Crippen molar-refractivity contribution in [3.8, 4) is 17.6 Å². The summed E-state index contributed by atoms with van der Waals surface area (Å²) in [5.41, 5.74) is 1.71. The van der Waals surface area contributed by atoms with Gasteiger partial charge in [-0.1, -0.05) is 0 Å². The fraction of sp³-hybridized carbons (Fsp3) is 0.188. The number of rotatable bonds is 6. The highest BCUT2D eigenvalue weighted by Crippen LogP contribution is 2.28. The van der Waals surface area contributed by atoms with E-state index in [0.717, 1.165) is 11.8 Å². The van der Waals surface area contributed by atoms with Gasteiger partial charge in [0.05, 0.1) is 6.61 Å². The number of hydrogen-bond donors (Lipinski definition) is 0. The molecule has 106 valence electrons. The number of carbonyl (C=O) groups is 1. The molecule has 0 bridgehead atoms. The van der Waals surface area contributed by atoms with Crippen molar-refractivity contribution in [3.05, 3.63) is 53.3 Å². The smallest absolute Gasteiger partial charge is 0.161 e. The predicted octanol–water partition coefficient (Wildman–Crippen LogP) is 2.74. The Kier molecular flexibility index (Phi) is 4.89. The lowest BCUT2D eigenvalue weighted by Gasteiger charge is -2.12. The van der Waals surface area contributed by atoms with Gasteiger partial charge in [-0.3, -0.25) is 4.79 Å². The van der Waals surface area contributed by atoms with Crippen LogP contribution in [0.2, 0.25) is 0 Å². The molecule has 2 rings (SSSR count). The van der Waals surface area contributed by atoms with Crippen LogP contribution in [-0.2, 0) is 6.61 Å². The largest absolute Gasteiger partial charge is 0.490 e. The Balaban J connectivity index is 2.15. The molecule has 0 atom stereocenters. The number of nitriles is 1. The van der Waals surface area contributed by atoms with Crippen LogP contribution >= 0.6 is 0 Å². The number of aromatic nitrogens is 1. The van der Waals surface area contributed by atoms with Crippen molar-refractivity contribution >= 4 is 6.29 Å². The van der Waals surface area contributed by atoms with Crippen LogP contribution in [0.4, 0.5) is 0 Å². The van der Waals surface area contributed by atoms with Crippen LogP contribution in [0.3, 0.4) is 0 Å². The van der Waals surface area contributed by atoms with E-state index in [4.69, 9.17) is 14.7 Å². The molecule has 0 saturated heterocycles. The Morgan fingerprint density at radius 3 is 2.81 bits per heavy atom. The molecule has 5 heteroatoms. The number of pyridine rings is 1. The molecule has 1 aromatic carbocycles. The molecule has 1 aromatic heterocycles. The zero-order valence-corrected chi connectivity index (χ0v) is 11.6. The molecule has 0 aliphatic rings. The molecule has 0 unspecified atom stereocenters. The number of aldehydes is 1. The van der Waals surface area contributed by atoms with E-state index in [-0.39, 0.29) is 6.61 Å². The lowest BCUT2D eigenvalue weighted by Crippen LogP contribution is -2.01. The molecule has 21 heavy (non-hydrogen) atoms. The number of ether oxygens (including phenoxy) is 2. The van der Waals surface area contributed by atoms with Crippen molar-refractivity contribution in [2.24, 2.45) is 0 Å². The summed E-state index contributed by atoms with van der Waals surface area (Å²) >= 11 is 0. The molecule has 0 amide bonds. The summed E-state index contributed by atoms with van der Waals surface area (Å²) in [4.78, 5) is 14.7. The Labute approximate surface area is 122 Å². The van der Waals surface area contributed by atoms with Crippen molar-refractivity contribution in [2.75, 3.05) is 6.61 Å². The van der Waals surface area contributed by atoms with Gasteiger partial charge < -0.3 is 9.47 Å². The quantitative estimate of drug-likeness (QED) is 0.762. The third-order valence-electron chi connectivity index (χ3n) is 2.74. The molecule has 0 aliphatic heterocycles.